The summed E-state index contributed by atoms with van der Waals surface area (Å²) in [6, 6.07) is 13.6. The molecule has 0 spiro atoms. The number of hydrogen-bond donors (Lipinski definition) is 0. The lowest BCUT2D eigenvalue weighted by molar-refractivity contribution is -0.179. The van der Waals surface area contributed by atoms with Crippen molar-refractivity contribution in [3.63, 3.8) is 0 Å². The summed E-state index contributed by atoms with van der Waals surface area (Å²) in [5, 5.41) is 0.621. The van der Waals surface area contributed by atoms with E-state index in [1.165, 1.54) is 26.4 Å². The van der Waals surface area contributed by atoms with E-state index in [2.05, 4.69) is 0 Å². The quantitative estimate of drug-likeness (QED) is 0.464. The first-order chi connectivity index (χ1) is 12.6. The van der Waals surface area contributed by atoms with Gasteiger partial charge < -0.3 is 9.47 Å². The van der Waals surface area contributed by atoms with Crippen LogP contribution in [0.15, 0.2) is 48.5 Å². The van der Waals surface area contributed by atoms with Gasteiger partial charge in [-0.1, -0.05) is 36.4 Å². The van der Waals surface area contributed by atoms with Crippen LogP contribution in [0, 0.1) is 0 Å². The van der Waals surface area contributed by atoms with Crippen LogP contribution in [0.4, 0.5) is 0 Å². The van der Waals surface area contributed by atoms with Crippen LogP contribution < -0.4 is 4.74 Å². The fourth-order valence-electron chi connectivity index (χ4n) is 2.74. The molecule has 1 aliphatic rings. The fraction of sp³-hybridized carbons (Fsp3) is 0.211. The van der Waals surface area contributed by atoms with Crippen molar-refractivity contribution in [3.05, 3.63) is 65.2 Å². The van der Waals surface area contributed by atoms with E-state index in [-0.39, 0.29) is 17.7 Å². The third-order valence-corrected chi connectivity index (χ3v) is 4.07. The molecule has 1 heterocycles. The number of carbonyl (C=O) groups is 3. The number of hydroxylamine groups is 2. The second-order valence-electron chi connectivity index (χ2n) is 5.61. The van der Waals surface area contributed by atoms with E-state index in [0.29, 0.717) is 10.8 Å². The number of rotatable bonds is 5. The van der Waals surface area contributed by atoms with Crippen LogP contribution in [-0.4, -0.2) is 37.1 Å². The van der Waals surface area contributed by atoms with Crippen LogP contribution in [0.5, 0.6) is 5.75 Å². The molecule has 7 heteroatoms. The maximum Gasteiger partial charge on any atom is 0.322 e. The molecule has 134 valence electrons. The van der Waals surface area contributed by atoms with Crippen molar-refractivity contribution in [1.29, 1.82) is 0 Å². The number of nitrogens with zero attached hydrogens (tertiary/aromatic N) is 1. The molecular formula is C19H17NO6. The molecule has 2 aromatic rings. The van der Waals surface area contributed by atoms with Gasteiger partial charge in [-0.25, -0.2) is 0 Å². The summed E-state index contributed by atoms with van der Waals surface area (Å²) in [6.45, 7) is 0.00547. The van der Waals surface area contributed by atoms with Crippen LogP contribution in [0.25, 0.3) is 0 Å². The van der Waals surface area contributed by atoms with Crippen LogP contribution >= 0.6 is 0 Å². The highest BCUT2D eigenvalue weighted by Crippen LogP contribution is 2.33. The summed E-state index contributed by atoms with van der Waals surface area (Å²) >= 11 is 0. The monoisotopic (exact) mass is 355 g/mol. The van der Waals surface area contributed by atoms with Gasteiger partial charge in [0.25, 0.3) is 11.8 Å². The van der Waals surface area contributed by atoms with Crippen molar-refractivity contribution >= 4 is 17.8 Å². The van der Waals surface area contributed by atoms with Gasteiger partial charge in [-0.2, -0.15) is 0 Å². The predicted molar refractivity (Wildman–Crippen MR) is 90.2 cm³/mol. The predicted octanol–water partition coefficient (Wildman–Crippen LogP) is 2.07. The fourth-order valence-corrected chi connectivity index (χ4v) is 2.74. The number of amides is 2. The second kappa shape index (κ2) is 7.37. The van der Waals surface area contributed by atoms with Crippen LogP contribution in [0.2, 0.25) is 0 Å². The highest BCUT2D eigenvalue weighted by molar-refractivity contribution is 6.17. The molecule has 0 fully saturated rings. The van der Waals surface area contributed by atoms with Crippen molar-refractivity contribution in [2.45, 2.75) is 12.5 Å². The lowest BCUT2D eigenvalue weighted by atomic mass is 9.89. The minimum Gasteiger partial charge on any atom is -0.497 e. The highest BCUT2D eigenvalue weighted by atomic mass is 16.7. The third-order valence-electron chi connectivity index (χ3n) is 4.07. The highest BCUT2D eigenvalue weighted by Gasteiger charge is 2.44. The topological polar surface area (TPSA) is 82.1 Å². The van der Waals surface area contributed by atoms with E-state index in [1.54, 1.807) is 18.2 Å². The van der Waals surface area contributed by atoms with Gasteiger partial charge in [0.1, 0.15) is 12.4 Å². The first kappa shape index (κ1) is 17.6. The molecule has 26 heavy (non-hydrogen) atoms. The Hall–Kier alpha value is -3.19. The Labute approximate surface area is 150 Å². The Kier molecular flexibility index (Phi) is 4.99. The smallest absolute Gasteiger partial charge is 0.322 e. The first-order valence-corrected chi connectivity index (χ1v) is 7.87. The number of hydrogen-bond acceptors (Lipinski definition) is 6. The summed E-state index contributed by atoms with van der Waals surface area (Å²) in [5.74, 6) is -3.04. The number of imide groups is 1. The summed E-state index contributed by atoms with van der Waals surface area (Å²) < 4.78 is 9.86. The molecule has 2 aromatic carbocycles. The Morgan fingerprint density at radius 1 is 1.08 bits per heavy atom. The molecule has 0 N–H and O–H groups in total. The van der Waals surface area contributed by atoms with Gasteiger partial charge in [0.15, 0.2) is 5.92 Å². The number of fused-ring (bicyclic) bond motifs is 1. The van der Waals surface area contributed by atoms with E-state index in [0.717, 1.165) is 5.56 Å². The molecule has 1 aliphatic heterocycles. The molecule has 0 radical (unpaired) electrons. The minimum atomic E-state index is -1.27. The van der Waals surface area contributed by atoms with E-state index < -0.39 is 23.7 Å². The zero-order valence-electron chi connectivity index (χ0n) is 14.3. The molecular weight excluding hydrogens is 338 g/mol. The number of methoxy groups -OCH3 is 2. The average Bonchev–Trinajstić information content (AvgIpc) is 2.68. The average molecular weight is 355 g/mol. The van der Waals surface area contributed by atoms with Gasteiger partial charge in [-0.15, -0.1) is 5.06 Å². The largest absolute Gasteiger partial charge is 0.497 e. The molecule has 3 rings (SSSR count). The molecule has 0 bridgehead atoms. The maximum absolute atomic E-state index is 12.7. The molecule has 7 nitrogen and oxygen atoms in total. The molecule has 0 aliphatic carbocycles. The van der Waals surface area contributed by atoms with E-state index in [1.807, 2.05) is 18.2 Å². The van der Waals surface area contributed by atoms with Crippen molar-refractivity contribution < 1.29 is 28.7 Å². The van der Waals surface area contributed by atoms with Crippen LogP contribution in [0.1, 0.15) is 27.4 Å². The summed E-state index contributed by atoms with van der Waals surface area (Å²) in [7, 11) is 2.64. The third kappa shape index (κ3) is 3.16. The van der Waals surface area contributed by atoms with Crippen molar-refractivity contribution in [2.75, 3.05) is 14.2 Å². The lowest BCUT2D eigenvalue weighted by Gasteiger charge is -2.30. The molecule has 0 aromatic heterocycles. The van der Waals surface area contributed by atoms with E-state index in [4.69, 9.17) is 14.3 Å². The van der Waals surface area contributed by atoms with Crippen molar-refractivity contribution in [2.24, 2.45) is 0 Å². The first-order valence-electron chi connectivity index (χ1n) is 7.87. The molecule has 0 saturated carbocycles. The van der Waals surface area contributed by atoms with Gasteiger partial charge in [-0.05, 0) is 23.3 Å². The lowest BCUT2D eigenvalue weighted by Crippen LogP contribution is -2.47. The van der Waals surface area contributed by atoms with Crippen LogP contribution in [-0.2, 0) is 25.8 Å². The van der Waals surface area contributed by atoms with Gasteiger partial charge in [0.2, 0.25) is 0 Å². The Balaban J connectivity index is 1.96. The minimum absolute atomic E-state index is 0.00547. The zero-order chi connectivity index (χ0) is 18.7. The molecule has 2 amide bonds. The molecule has 0 saturated heterocycles. The number of carbonyl (C=O) groups excluding carboxylic acids is 3. The second-order valence-corrected chi connectivity index (χ2v) is 5.61. The van der Waals surface area contributed by atoms with Gasteiger partial charge in [0.05, 0.1) is 19.8 Å². The van der Waals surface area contributed by atoms with Crippen LogP contribution in [0.3, 0.4) is 0 Å². The van der Waals surface area contributed by atoms with Crippen molar-refractivity contribution in [1.82, 2.24) is 5.06 Å². The summed E-state index contributed by atoms with van der Waals surface area (Å²) in [6.07, 6.45) is 0. The summed E-state index contributed by atoms with van der Waals surface area (Å²) in [5.41, 5.74) is 1.21. The van der Waals surface area contributed by atoms with Gasteiger partial charge in [-0.3, -0.25) is 19.2 Å². The molecule has 1 unspecified atom stereocenters. The standard InChI is InChI=1S/C19H17NO6/c1-24-13-8-9-14-15(10-13)17(21)20(18(22)16(14)19(23)25-2)26-11-12-6-4-3-5-7-12/h3-10,16H,11H2,1-2H3. The van der Waals surface area contributed by atoms with Gasteiger partial charge in [0, 0.05) is 0 Å². The molecule has 1 atom stereocenters. The Bertz CT molecular complexity index is 848. The Morgan fingerprint density at radius 2 is 1.81 bits per heavy atom. The van der Waals surface area contributed by atoms with E-state index in [9.17, 15) is 14.4 Å². The van der Waals surface area contributed by atoms with Gasteiger partial charge >= 0.3 is 5.97 Å². The zero-order valence-corrected chi connectivity index (χ0v) is 14.3. The summed E-state index contributed by atoms with van der Waals surface area (Å²) in [4.78, 5) is 43.1. The number of benzene rings is 2. The SMILES string of the molecule is COC(=O)C1C(=O)N(OCc2ccccc2)C(=O)c2cc(OC)ccc21. The number of ether oxygens (including phenoxy) is 2. The Morgan fingerprint density at radius 3 is 2.46 bits per heavy atom. The maximum atomic E-state index is 12.7. The number of esters is 1. The van der Waals surface area contributed by atoms with Crippen molar-refractivity contribution in [3.8, 4) is 5.75 Å². The normalized spacial score (nSPS) is 16.2. The van der Waals surface area contributed by atoms with E-state index >= 15 is 0 Å².